The van der Waals surface area contributed by atoms with Crippen molar-refractivity contribution in [3.8, 4) is 12.0 Å². The summed E-state index contributed by atoms with van der Waals surface area (Å²) in [5.41, 5.74) is 0. The normalized spacial score (nSPS) is 11.6. The third-order valence-electron chi connectivity index (χ3n) is 0.790. The molecule has 0 aromatic carbocycles. The van der Waals surface area contributed by atoms with E-state index in [1.807, 2.05) is 6.11 Å². The molecule has 0 radical (unpaired) electrons. The Morgan fingerprint density at radius 2 is 1.64 bits per heavy atom. The zero-order valence-electron chi connectivity index (χ0n) is 7.68. The quantitative estimate of drug-likeness (QED) is 0.368. The number of hydrogen-bond donors (Lipinski definition) is 0. The lowest BCUT2D eigenvalue weighted by Crippen LogP contribution is -2.03. The molecule has 0 fully saturated rings. The summed E-state index contributed by atoms with van der Waals surface area (Å²) in [7, 11) is -7.04. The summed E-state index contributed by atoms with van der Waals surface area (Å²) in [6.07, 6.45) is 3.74. The first-order valence-electron chi connectivity index (χ1n) is 3.41. The fourth-order valence-electron chi connectivity index (χ4n) is 0.400. The Labute approximate surface area is 83.5 Å². The van der Waals surface area contributed by atoms with E-state index in [2.05, 4.69) is 14.3 Å². The van der Waals surface area contributed by atoms with Crippen LogP contribution in [0.3, 0.4) is 0 Å². The van der Waals surface area contributed by atoms with E-state index in [4.69, 9.17) is 0 Å². The van der Waals surface area contributed by atoms with Gasteiger partial charge in [-0.3, -0.25) is 4.18 Å². The maximum Gasteiger partial charge on any atom is 0.314 e. The fourth-order valence-corrected chi connectivity index (χ4v) is 0.997. The molecule has 0 amide bonds. The van der Waals surface area contributed by atoms with Gasteiger partial charge in [0.15, 0.2) is 0 Å². The van der Waals surface area contributed by atoms with Gasteiger partial charge < -0.3 is 4.18 Å². The van der Waals surface area contributed by atoms with Crippen LogP contribution >= 0.6 is 0 Å². The van der Waals surface area contributed by atoms with Crippen molar-refractivity contribution in [2.24, 2.45) is 0 Å². The Kier molecular flexibility index (Phi) is 4.90. The van der Waals surface area contributed by atoms with Gasteiger partial charge in [0, 0.05) is 6.42 Å². The van der Waals surface area contributed by atoms with Crippen LogP contribution in [0.1, 0.15) is 6.42 Å². The third kappa shape index (κ3) is 11.2. The highest BCUT2D eigenvalue weighted by atomic mass is 32.2. The predicted molar refractivity (Wildman–Crippen MR) is 49.1 cm³/mol. The van der Waals surface area contributed by atoms with Crippen molar-refractivity contribution in [1.82, 2.24) is 0 Å². The van der Waals surface area contributed by atoms with Crippen molar-refractivity contribution in [3.05, 3.63) is 0 Å². The van der Waals surface area contributed by atoms with Crippen molar-refractivity contribution in [1.29, 1.82) is 0 Å². The highest BCUT2D eigenvalue weighted by Crippen LogP contribution is 1.89. The average Bonchev–Trinajstić information content (AvgIpc) is 1.92. The van der Waals surface area contributed by atoms with E-state index in [-0.39, 0.29) is 13.0 Å². The largest absolute Gasteiger partial charge is 0.328 e. The Balaban J connectivity index is 3.76. The number of rotatable bonds is 4. The van der Waals surface area contributed by atoms with Gasteiger partial charge in [-0.25, -0.2) is 0 Å². The van der Waals surface area contributed by atoms with Gasteiger partial charge in [0.1, 0.15) is 6.11 Å². The Morgan fingerprint density at radius 1 is 1.07 bits per heavy atom. The molecule has 0 aliphatic heterocycles. The minimum Gasteiger partial charge on any atom is -0.328 e. The van der Waals surface area contributed by atoms with Gasteiger partial charge in [-0.2, -0.15) is 16.8 Å². The van der Waals surface area contributed by atoms with Crippen LogP contribution in [0.5, 0.6) is 0 Å². The van der Waals surface area contributed by atoms with Crippen molar-refractivity contribution in [3.63, 3.8) is 0 Å². The molecule has 0 N–H and O–H groups in total. The van der Waals surface area contributed by atoms with Crippen LogP contribution in [0.25, 0.3) is 0 Å². The van der Waals surface area contributed by atoms with Crippen LogP contribution < -0.4 is 0 Å². The fraction of sp³-hybridized carbons (Fsp3) is 0.667. The van der Waals surface area contributed by atoms with Crippen molar-refractivity contribution >= 4 is 20.2 Å². The van der Waals surface area contributed by atoms with Crippen LogP contribution in [0.15, 0.2) is 0 Å². The van der Waals surface area contributed by atoms with Gasteiger partial charge in [0.2, 0.25) is 0 Å². The van der Waals surface area contributed by atoms with E-state index >= 15 is 0 Å². The highest BCUT2D eigenvalue weighted by Gasteiger charge is 1.99. The molecule has 82 valence electrons. The summed E-state index contributed by atoms with van der Waals surface area (Å²) in [6, 6.07) is 0. The van der Waals surface area contributed by atoms with Crippen molar-refractivity contribution in [2.45, 2.75) is 6.42 Å². The molecule has 0 atom stereocenters. The summed E-state index contributed by atoms with van der Waals surface area (Å²) in [5.74, 6) is 2.27. The van der Waals surface area contributed by atoms with Crippen LogP contribution in [0.2, 0.25) is 0 Å². The molecule has 8 heteroatoms. The second kappa shape index (κ2) is 5.19. The van der Waals surface area contributed by atoms with Crippen LogP contribution in [-0.4, -0.2) is 36.0 Å². The molecular weight excluding hydrogens is 232 g/mol. The molecule has 0 aromatic heterocycles. The molecule has 6 nitrogen and oxygen atoms in total. The van der Waals surface area contributed by atoms with Crippen molar-refractivity contribution in [2.75, 3.05) is 19.1 Å². The number of hydrogen-bond acceptors (Lipinski definition) is 6. The van der Waals surface area contributed by atoms with Gasteiger partial charge in [0.05, 0.1) is 19.1 Å². The summed E-state index contributed by atoms with van der Waals surface area (Å²) in [4.78, 5) is 0. The van der Waals surface area contributed by atoms with E-state index in [9.17, 15) is 16.8 Å². The molecule has 0 heterocycles. The van der Waals surface area contributed by atoms with Gasteiger partial charge in [0.25, 0.3) is 10.1 Å². The lowest BCUT2D eigenvalue weighted by molar-refractivity contribution is 0.330. The minimum atomic E-state index is -3.57. The van der Waals surface area contributed by atoms with E-state index < -0.39 is 20.2 Å². The predicted octanol–water partition coefficient (Wildman–Crippen LogP) is -0.710. The van der Waals surface area contributed by atoms with E-state index in [0.29, 0.717) is 0 Å². The topological polar surface area (TPSA) is 86.7 Å². The highest BCUT2D eigenvalue weighted by molar-refractivity contribution is 7.86. The summed E-state index contributed by atoms with van der Waals surface area (Å²) in [5, 5.41) is 0. The monoisotopic (exact) mass is 242 g/mol. The molecule has 0 saturated carbocycles. The molecule has 0 rings (SSSR count). The van der Waals surface area contributed by atoms with Crippen LogP contribution in [0, 0.1) is 12.0 Å². The van der Waals surface area contributed by atoms with Gasteiger partial charge in [-0.05, 0) is 0 Å². The average molecular weight is 242 g/mol. The summed E-state index contributed by atoms with van der Waals surface area (Å²) >= 11 is 0. The smallest absolute Gasteiger partial charge is 0.314 e. The molecule has 0 unspecified atom stereocenters. The first-order valence-corrected chi connectivity index (χ1v) is 7.05. The van der Waals surface area contributed by atoms with Crippen molar-refractivity contribution < 1.29 is 25.2 Å². The summed E-state index contributed by atoms with van der Waals surface area (Å²) in [6.45, 7) is -0.126. The first kappa shape index (κ1) is 13.2. The molecule has 0 spiro atoms. The lowest BCUT2D eigenvalue weighted by Gasteiger charge is -1.94. The minimum absolute atomic E-state index is 0.0720. The molecule has 0 aliphatic rings. The molecule has 14 heavy (non-hydrogen) atoms. The zero-order chi connectivity index (χ0) is 11.2. The Bertz CT molecular complexity index is 421. The van der Waals surface area contributed by atoms with Crippen LogP contribution in [0.4, 0.5) is 0 Å². The maximum absolute atomic E-state index is 10.4. The molecule has 0 aromatic rings. The van der Waals surface area contributed by atoms with E-state index in [0.717, 1.165) is 12.5 Å². The van der Waals surface area contributed by atoms with Crippen LogP contribution in [-0.2, 0) is 28.6 Å². The Morgan fingerprint density at radius 3 is 2.07 bits per heavy atom. The Hall–Kier alpha value is -0.780. The molecular formula is C6H10O6S2. The molecule has 0 saturated heterocycles. The van der Waals surface area contributed by atoms with E-state index in [1.165, 1.54) is 0 Å². The van der Waals surface area contributed by atoms with Gasteiger partial charge in [-0.1, -0.05) is 5.92 Å². The summed E-state index contributed by atoms with van der Waals surface area (Å²) < 4.78 is 50.0. The van der Waals surface area contributed by atoms with E-state index in [1.54, 1.807) is 0 Å². The SMILES string of the molecule is CS(=O)(=O)OC#CCCOS(C)(=O)=O. The second-order valence-electron chi connectivity index (χ2n) is 2.34. The molecule has 0 aliphatic carbocycles. The zero-order valence-corrected chi connectivity index (χ0v) is 9.31. The lowest BCUT2D eigenvalue weighted by atomic mass is 10.5. The second-order valence-corrected chi connectivity index (χ2v) is 5.56. The van der Waals surface area contributed by atoms with Gasteiger partial charge >= 0.3 is 10.1 Å². The third-order valence-corrected chi connectivity index (χ3v) is 1.77. The van der Waals surface area contributed by atoms with Gasteiger partial charge in [-0.15, -0.1) is 0 Å². The first-order chi connectivity index (χ1) is 6.21. The standard InChI is InChI=1S/C6H10O6S2/c1-13(7,8)11-5-3-4-6-12-14(2,9)10/h3,5H2,1-2H3. The molecule has 0 bridgehead atoms. The maximum atomic E-state index is 10.4.